The molecular formula is C21H19NO3. The molecule has 3 rings (SSSR count). The zero-order valence-electron chi connectivity index (χ0n) is 14.0. The van der Waals surface area contributed by atoms with Crippen LogP contribution in [0.3, 0.4) is 0 Å². The molecule has 1 aliphatic carbocycles. The van der Waals surface area contributed by atoms with Crippen LogP contribution in [0.5, 0.6) is 0 Å². The number of esters is 1. The summed E-state index contributed by atoms with van der Waals surface area (Å²) in [6.45, 7) is 0.0512. The number of nitrogens with zero attached hydrogens (tertiary/aromatic N) is 1. The molecule has 0 unspecified atom stereocenters. The van der Waals surface area contributed by atoms with Crippen molar-refractivity contribution >= 4 is 11.8 Å². The zero-order valence-corrected chi connectivity index (χ0v) is 14.0. The van der Waals surface area contributed by atoms with Gasteiger partial charge in [-0.15, -0.1) is 0 Å². The lowest BCUT2D eigenvalue weighted by Gasteiger charge is -2.07. The van der Waals surface area contributed by atoms with Gasteiger partial charge in [0.15, 0.2) is 5.78 Å². The van der Waals surface area contributed by atoms with E-state index in [1.54, 1.807) is 24.3 Å². The number of carbonyl (C=O) groups excluding carboxylic acids is 2. The van der Waals surface area contributed by atoms with Gasteiger partial charge in [-0.3, -0.25) is 9.59 Å². The van der Waals surface area contributed by atoms with Gasteiger partial charge in [0.05, 0.1) is 18.1 Å². The highest BCUT2D eigenvalue weighted by Gasteiger charge is 2.15. The van der Waals surface area contributed by atoms with E-state index in [1.807, 2.05) is 18.2 Å². The lowest BCUT2D eigenvalue weighted by Crippen LogP contribution is -2.09. The number of ketones is 1. The number of benzene rings is 2. The first kappa shape index (κ1) is 16.9. The fourth-order valence-corrected chi connectivity index (χ4v) is 3.09. The normalized spacial score (nSPS) is 12.3. The Balaban J connectivity index is 1.50. The van der Waals surface area contributed by atoms with Crippen molar-refractivity contribution in [3.63, 3.8) is 0 Å². The molecule has 126 valence electrons. The van der Waals surface area contributed by atoms with E-state index >= 15 is 0 Å². The third-order valence-electron chi connectivity index (χ3n) is 4.50. The molecule has 0 aliphatic heterocycles. The summed E-state index contributed by atoms with van der Waals surface area (Å²) in [5, 5.41) is 9.02. The van der Waals surface area contributed by atoms with Crippen LogP contribution in [0.15, 0.2) is 42.5 Å². The van der Waals surface area contributed by atoms with Gasteiger partial charge in [-0.2, -0.15) is 5.26 Å². The van der Waals surface area contributed by atoms with Crippen LogP contribution in [-0.4, -0.2) is 11.8 Å². The zero-order chi connectivity index (χ0) is 17.6. The largest absolute Gasteiger partial charge is 0.461 e. The maximum absolute atomic E-state index is 12.3. The molecule has 0 N–H and O–H groups in total. The van der Waals surface area contributed by atoms with Crippen molar-refractivity contribution in [1.29, 1.82) is 5.26 Å². The molecule has 25 heavy (non-hydrogen) atoms. The minimum atomic E-state index is -0.428. The summed E-state index contributed by atoms with van der Waals surface area (Å²) >= 11 is 0. The first-order valence-corrected chi connectivity index (χ1v) is 8.46. The van der Waals surface area contributed by atoms with E-state index in [9.17, 15) is 9.59 Å². The highest BCUT2D eigenvalue weighted by Crippen LogP contribution is 2.23. The number of hydrogen-bond acceptors (Lipinski definition) is 4. The molecule has 0 atom stereocenters. The van der Waals surface area contributed by atoms with E-state index < -0.39 is 5.97 Å². The summed E-state index contributed by atoms with van der Waals surface area (Å²) in [5.41, 5.74) is 4.41. The number of fused-ring (bicyclic) bond motifs is 1. The predicted octanol–water partition coefficient (Wildman–Crippen LogP) is 3.75. The number of Topliss-reactive ketones (excluding diaryl/α,β-unsaturated/α-hetero) is 1. The van der Waals surface area contributed by atoms with Crippen molar-refractivity contribution in [2.45, 2.75) is 38.7 Å². The van der Waals surface area contributed by atoms with E-state index in [0.29, 0.717) is 16.7 Å². The minimum Gasteiger partial charge on any atom is -0.461 e. The average molecular weight is 333 g/mol. The Morgan fingerprint density at radius 1 is 1.04 bits per heavy atom. The van der Waals surface area contributed by atoms with Crippen LogP contribution in [0.1, 0.15) is 51.9 Å². The minimum absolute atomic E-state index is 0.0379. The van der Waals surface area contributed by atoms with Crippen molar-refractivity contribution in [1.82, 2.24) is 0 Å². The molecule has 0 fully saturated rings. The predicted molar refractivity (Wildman–Crippen MR) is 93.0 cm³/mol. The first-order chi connectivity index (χ1) is 12.2. The molecule has 0 saturated carbocycles. The molecule has 0 saturated heterocycles. The Morgan fingerprint density at radius 3 is 2.68 bits per heavy atom. The summed E-state index contributed by atoms with van der Waals surface area (Å²) in [6.07, 6.45) is 3.43. The fourth-order valence-electron chi connectivity index (χ4n) is 3.09. The van der Waals surface area contributed by atoms with Gasteiger partial charge in [0.1, 0.15) is 6.61 Å². The SMILES string of the molecule is N#Cc1ccccc1COC(=O)CCC(=O)c1ccc2c(c1)CCC2. The summed E-state index contributed by atoms with van der Waals surface area (Å²) in [6, 6.07) is 14.9. The molecule has 4 nitrogen and oxygen atoms in total. The summed E-state index contributed by atoms with van der Waals surface area (Å²) in [4.78, 5) is 24.2. The quantitative estimate of drug-likeness (QED) is 0.596. The van der Waals surface area contributed by atoms with E-state index in [2.05, 4.69) is 6.07 Å². The van der Waals surface area contributed by atoms with Crippen LogP contribution >= 0.6 is 0 Å². The topological polar surface area (TPSA) is 67.2 Å². The van der Waals surface area contributed by atoms with Crippen molar-refractivity contribution in [3.8, 4) is 6.07 Å². The van der Waals surface area contributed by atoms with Gasteiger partial charge in [0.2, 0.25) is 0 Å². The van der Waals surface area contributed by atoms with Crippen LogP contribution in [-0.2, 0) is 29.0 Å². The van der Waals surface area contributed by atoms with E-state index in [0.717, 1.165) is 19.3 Å². The summed E-state index contributed by atoms with van der Waals surface area (Å²) in [7, 11) is 0. The highest BCUT2D eigenvalue weighted by molar-refractivity contribution is 5.97. The summed E-state index contributed by atoms with van der Waals surface area (Å²) < 4.78 is 5.19. The van der Waals surface area contributed by atoms with E-state index in [1.165, 1.54) is 11.1 Å². The Kier molecular flexibility index (Phi) is 5.25. The molecule has 0 heterocycles. The third-order valence-corrected chi connectivity index (χ3v) is 4.50. The van der Waals surface area contributed by atoms with E-state index in [-0.39, 0.29) is 25.2 Å². The number of carbonyl (C=O) groups is 2. The Labute approximate surface area is 147 Å². The van der Waals surface area contributed by atoms with Gasteiger partial charge >= 0.3 is 5.97 Å². The number of nitriles is 1. The van der Waals surface area contributed by atoms with Crippen LogP contribution in [0.2, 0.25) is 0 Å². The maximum atomic E-state index is 12.3. The monoisotopic (exact) mass is 333 g/mol. The van der Waals surface area contributed by atoms with Crippen molar-refractivity contribution in [3.05, 3.63) is 70.3 Å². The van der Waals surface area contributed by atoms with Gasteiger partial charge in [0, 0.05) is 17.5 Å². The number of ether oxygens (including phenoxy) is 1. The standard InChI is InChI=1S/C21H19NO3/c22-13-18-4-1-2-5-19(18)14-25-21(24)11-10-20(23)17-9-8-15-6-3-7-16(15)12-17/h1-2,4-5,8-9,12H,3,6-7,10-11,14H2. The van der Waals surface area contributed by atoms with Crippen molar-refractivity contribution in [2.24, 2.45) is 0 Å². The van der Waals surface area contributed by atoms with Crippen molar-refractivity contribution < 1.29 is 14.3 Å². The Bertz CT molecular complexity index is 848. The molecule has 2 aromatic rings. The highest BCUT2D eigenvalue weighted by atomic mass is 16.5. The molecular weight excluding hydrogens is 314 g/mol. The van der Waals surface area contributed by atoms with Gasteiger partial charge in [-0.05, 0) is 42.5 Å². The lowest BCUT2D eigenvalue weighted by molar-refractivity contribution is -0.144. The smallest absolute Gasteiger partial charge is 0.306 e. The van der Waals surface area contributed by atoms with Gasteiger partial charge in [-0.1, -0.05) is 30.3 Å². The molecule has 0 bridgehead atoms. The lowest BCUT2D eigenvalue weighted by atomic mass is 10.0. The second-order valence-electron chi connectivity index (χ2n) is 6.19. The van der Waals surface area contributed by atoms with Gasteiger partial charge in [0.25, 0.3) is 0 Å². The van der Waals surface area contributed by atoms with Crippen molar-refractivity contribution in [2.75, 3.05) is 0 Å². The Morgan fingerprint density at radius 2 is 1.84 bits per heavy atom. The van der Waals surface area contributed by atoms with Crippen LogP contribution in [0.25, 0.3) is 0 Å². The van der Waals surface area contributed by atoms with Crippen LogP contribution in [0.4, 0.5) is 0 Å². The summed E-state index contributed by atoms with van der Waals surface area (Å²) in [5.74, 6) is -0.466. The molecule has 4 heteroatoms. The number of rotatable bonds is 6. The van der Waals surface area contributed by atoms with Crippen LogP contribution in [0, 0.1) is 11.3 Å². The number of aryl methyl sites for hydroxylation is 2. The average Bonchev–Trinajstić information content (AvgIpc) is 3.12. The molecule has 2 aromatic carbocycles. The molecule has 0 aromatic heterocycles. The number of hydrogen-bond donors (Lipinski definition) is 0. The van der Waals surface area contributed by atoms with E-state index in [4.69, 9.17) is 10.00 Å². The second kappa shape index (κ2) is 7.76. The molecule has 0 spiro atoms. The Hall–Kier alpha value is -2.93. The van der Waals surface area contributed by atoms with Gasteiger partial charge in [-0.25, -0.2) is 0 Å². The molecule has 0 radical (unpaired) electrons. The second-order valence-corrected chi connectivity index (χ2v) is 6.19. The van der Waals surface area contributed by atoms with Crippen LogP contribution < -0.4 is 0 Å². The first-order valence-electron chi connectivity index (χ1n) is 8.46. The fraction of sp³-hybridized carbons (Fsp3) is 0.286. The van der Waals surface area contributed by atoms with Gasteiger partial charge < -0.3 is 4.74 Å². The maximum Gasteiger partial charge on any atom is 0.306 e. The third kappa shape index (κ3) is 4.13. The molecule has 1 aliphatic rings. The molecule has 0 amide bonds.